The van der Waals surface area contributed by atoms with E-state index in [1.165, 1.54) is 5.56 Å². The van der Waals surface area contributed by atoms with Crippen LogP contribution >= 0.6 is 0 Å². The summed E-state index contributed by atoms with van der Waals surface area (Å²) in [6.07, 6.45) is 3.97. The van der Waals surface area contributed by atoms with E-state index in [2.05, 4.69) is 35.8 Å². The van der Waals surface area contributed by atoms with Gasteiger partial charge < -0.3 is 15.5 Å². The van der Waals surface area contributed by atoms with Crippen LogP contribution in [0.3, 0.4) is 0 Å². The minimum atomic E-state index is 0.106. The molecule has 0 radical (unpaired) electrons. The molecule has 24 heavy (non-hydrogen) atoms. The summed E-state index contributed by atoms with van der Waals surface area (Å²) in [6.45, 7) is 8.83. The topological polar surface area (TPSA) is 49.6 Å². The molecule has 0 bridgehead atoms. The van der Waals surface area contributed by atoms with Gasteiger partial charge >= 0.3 is 0 Å². The maximum Gasteiger partial charge on any atom is 0.226 e. The molecule has 2 atom stereocenters. The van der Waals surface area contributed by atoms with Crippen molar-refractivity contribution in [3.63, 3.8) is 0 Å². The lowest BCUT2D eigenvalue weighted by Crippen LogP contribution is -2.43. The maximum absolute atomic E-state index is 13.1. The first-order chi connectivity index (χ1) is 11.6. The Morgan fingerprint density at radius 2 is 1.83 bits per heavy atom. The predicted molar refractivity (Wildman–Crippen MR) is 99.6 cm³/mol. The van der Waals surface area contributed by atoms with Gasteiger partial charge in [0.25, 0.3) is 0 Å². The summed E-state index contributed by atoms with van der Waals surface area (Å²) in [4.78, 5) is 17.5. The molecule has 2 rings (SSSR count). The fraction of sp³-hybridized carbons (Fsp3) is 0.650. The Labute approximate surface area is 147 Å². The van der Waals surface area contributed by atoms with Gasteiger partial charge in [0.1, 0.15) is 0 Å². The summed E-state index contributed by atoms with van der Waals surface area (Å²) >= 11 is 0. The SMILES string of the molecule is CCN(CC)CCN(Cc1ccccc1)C(=O)C1CCCC(N)C1. The van der Waals surface area contributed by atoms with Crippen LogP contribution in [0.25, 0.3) is 0 Å². The van der Waals surface area contributed by atoms with Crippen LogP contribution < -0.4 is 5.73 Å². The minimum Gasteiger partial charge on any atom is -0.337 e. The summed E-state index contributed by atoms with van der Waals surface area (Å²) in [5, 5.41) is 0. The summed E-state index contributed by atoms with van der Waals surface area (Å²) in [6, 6.07) is 10.5. The molecular formula is C20H33N3O. The third kappa shape index (κ3) is 5.60. The first-order valence-electron chi connectivity index (χ1n) is 9.44. The van der Waals surface area contributed by atoms with Gasteiger partial charge in [-0.25, -0.2) is 0 Å². The molecule has 4 nitrogen and oxygen atoms in total. The molecule has 1 aliphatic carbocycles. The second-order valence-corrected chi connectivity index (χ2v) is 6.90. The zero-order valence-electron chi connectivity index (χ0n) is 15.3. The average molecular weight is 332 g/mol. The van der Waals surface area contributed by atoms with Gasteiger partial charge in [0.2, 0.25) is 5.91 Å². The molecule has 1 aromatic carbocycles. The second-order valence-electron chi connectivity index (χ2n) is 6.90. The fourth-order valence-corrected chi connectivity index (χ4v) is 3.58. The van der Waals surface area contributed by atoms with E-state index in [1.807, 2.05) is 18.2 Å². The van der Waals surface area contributed by atoms with Crippen LogP contribution in [0.15, 0.2) is 30.3 Å². The predicted octanol–water partition coefficient (Wildman–Crippen LogP) is 2.87. The zero-order valence-corrected chi connectivity index (χ0v) is 15.3. The molecule has 1 amide bonds. The van der Waals surface area contributed by atoms with Gasteiger partial charge in [-0.1, -0.05) is 50.6 Å². The first kappa shape index (κ1) is 18.9. The monoisotopic (exact) mass is 331 g/mol. The summed E-state index contributed by atoms with van der Waals surface area (Å²) in [5.41, 5.74) is 7.30. The number of nitrogens with zero attached hydrogens (tertiary/aromatic N) is 2. The van der Waals surface area contributed by atoms with Crippen LogP contribution in [0.2, 0.25) is 0 Å². The lowest BCUT2D eigenvalue weighted by Gasteiger charge is -2.33. The Balaban J connectivity index is 2.04. The number of amides is 1. The highest BCUT2D eigenvalue weighted by Crippen LogP contribution is 2.25. The van der Waals surface area contributed by atoms with Gasteiger partial charge in [-0.3, -0.25) is 4.79 Å². The number of nitrogens with two attached hydrogens (primary N) is 1. The molecule has 2 unspecified atom stereocenters. The number of likely N-dealkylation sites (N-methyl/N-ethyl adjacent to an activating group) is 1. The van der Waals surface area contributed by atoms with Gasteiger partial charge in [-0.2, -0.15) is 0 Å². The van der Waals surface area contributed by atoms with Crippen molar-refractivity contribution in [1.82, 2.24) is 9.80 Å². The number of benzene rings is 1. The van der Waals surface area contributed by atoms with E-state index in [0.717, 1.165) is 51.9 Å². The van der Waals surface area contributed by atoms with Crippen LogP contribution in [-0.2, 0) is 11.3 Å². The maximum atomic E-state index is 13.1. The largest absolute Gasteiger partial charge is 0.337 e. The molecule has 1 aromatic rings. The van der Waals surface area contributed by atoms with E-state index in [4.69, 9.17) is 5.73 Å². The lowest BCUT2D eigenvalue weighted by molar-refractivity contribution is -0.137. The summed E-state index contributed by atoms with van der Waals surface area (Å²) in [7, 11) is 0. The minimum absolute atomic E-state index is 0.106. The molecule has 134 valence electrons. The van der Waals surface area contributed by atoms with E-state index < -0.39 is 0 Å². The molecule has 0 aromatic heterocycles. The fourth-order valence-electron chi connectivity index (χ4n) is 3.58. The Kier molecular flexibility index (Phi) is 7.73. The van der Waals surface area contributed by atoms with Gasteiger partial charge in [-0.05, 0) is 37.9 Å². The standard InChI is InChI=1S/C20H33N3O/c1-3-22(4-2)13-14-23(16-17-9-6-5-7-10-17)20(24)18-11-8-12-19(21)15-18/h5-7,9-10,18-19H,3-4,8,11-16,21H2,1-2H3. The lowest BCUT2D eigenvalue weighted by atomic mass is 9.85. The molecule has 4 heteroatoms. The third-order valence-electron chi connectivity index (χ3n) is 5.17. The molecule has 0 heterocycles. The summed E-state index contributed by atoms with van der Waals surface area (Å²) in [5.74, 6) is 0.398. The van der Waals surface area contributed by atoms with E-state index in [-0.39, 0.29) is 12.0 Å². The quantitative estimate of drug-likeness (QED) is 0.797. The van der Waals surface area contributed by atoms with Crippen molar-refractivity contribution in [1.29, 1.82) is 0 Å². The highest BCUT2D eigenvalue weighted by Gasteiger charge is 2.29. The molecule has 1 saturated carbocycles. The van der Waals surface area contributed by atoms with Crippen molar-refractivity contribution in [2.75, 3.05) is 26.2 Å². The van der Waals surface area contributed by atoms with Crippen molar-refractivity contribution < 1.29 is 4.79 Å². The van der Waals surface area contributed by atoms with E-state index in [0.29, 0.717) is 12.5 Å². The van der Waals surface area contributed by atoms with Gasteiger partial charge in [0.05, 0.1) is 0 Å². The van der Waals surface area contributed by atoms with Crippen LogP contribution in [-0.4, -0.2) is 47.9 Å². The van der Waals surface area contributed by atoms with Crippen molar-refractivity contribution in [2.24, 2.45) is 11.7 Å². The van der Waals surface area contributed by atoms with Crippen LogP contribution in [0.4, 0.5) is 0 Å². The van der Waals surface area contributed by atoms with Crippen molar-refractivity contribution >= 4 is 5.91 Å². The van der Waals surface area contributed by atoms with Gasteiger partial charge in [-0.15, -0.1) is 0 Å². The van der Waals surface area contributed by atoms with Crippen LogP contribution in [0, 0.1) is 5.92 Å². The van der Waals surface area contributed by atoms with E-state index >= 15 is 0 Å². The van der Waals surface area contributed by atoms with Gasteiger partial charge in [0, 0.05) is 31.6 Å². The Morgan fingerprint density at radius 1 is 1.12 bits per heavy atom. The Morgan fingerprint density at radius 3 is 2.46 bits per heavy atom. The van der Waals surface area contributed by atoms with Crippen molar-refractivity contribution in [3.05, 3.63) is 35.9 Å². The molecule has 1 fully saturated rings. The molecule has 0 spiro atoms. The van der Waals surface area contributed by atoms with Crippen LogP contribution in [0.5, 0.6) is 0 Å². The third-order valence-corrected chi connectivity index (χ3v) is 5.17. The zero-order chi connectivity index (χ0) is 17.4. The normalized spacial score (nSPS) is 21.0. The van der Waals surface area contributed by atoms with Crippen molar-refractivity contribution in [2.45, 2.75) is 52.1 Å². The van der Waals surface area contributed by atoms with E-state index in [9.17, 15) is 4.79 Å². The Hall–Kier alpha value is -1.39. The molecular weight excluding hydrogens is 298 g/mol. The molecule has 0 aliphatic heterocycles. The van der Waals surface area contributed by atoms with Crippen LogP contribution in [0.1, 0.15) is 45.1 Å². The smallest absolute Gasteiger partial charge is 0.226 e. The summed E-state index contributed by atoms with van der Waals surface area (Å²) < 4.78 is 0. The first-order valence-corrected chi connectivity index (χ1v) is 9.44. The number of carbonyl (C=O) groups excluding carboxylic acids is 1. The number of rotatable bonds is 8. The molecule has 1 aliphatic rings. The molecule has 0 saturated heterocycles. The highest BCUT2D eigenvalue weighted by molar-refractivity contribution is 5.79. The average Bonchev–Trinajstić information content (AvgIpc) is 2.62. The number of carbonyl (C=O) groups is 1. The van der Waals surface area contributed by atoms with Crippen molar-refractivity contribution in [3.8, 4) is 0 Å². The second kappa shape index (κ2) is 9.80. The Bertz CT molecular complexity index is 487. The van der Waals surface area contributed by atoms with Gasteiger partial charge in [0.15, 0.2) is 0 Å². The molecule has 2 N–H and O–H groups in total. The number of hydrogen-bond acceptors (Lipinski definition) is 3. The number of hydrogen-bond donors (Lipinski definition) is 1. The van der Waals surface area contributed by atoms with E-state index in [1.54, 1.807) is 0 Å². The highest BCUT2D eigenvalue weighted by atomic mass is 16.2.